The van der Waals surface area contributed by atoms with E-state index in [9.17, 15) is 0 Å². The molecular weight excluding hydrogens is 148 g/mol. The highest BCUT2D eigenvalue weighted by atomic mass is 32.1. The molecule has 0 aromatic carbocycles. The molecule has 48 valence electrons. The number of nitrogens with zero attached hydrogens (tertiary/aromatic N) is 3. The zero-order chi connectivity index (χ0) is 6.97. The van der Waals surface area contributed by atoms with Crippen LogP contribution in [-0.2, 0) is 0 Å². The average molecular weight is 150 g/mol. The van der Waals surface area contributed by atoms with E-state index in [-0.39, 0.29) is 0 Å². The van der Waals surface area contributed by atoms with Crippen LogP contribution >= 0.6 is 11.5 Å². The highest BCUT2D eigenvalue weighted by Gasteiger charge is 2.04. The van der Waals surface area contributed by atoms with Crippen molar-refractivity contribution in [2.24, 2.45) is 0 Å². The summed E-state index contributed by atoms with van der Waals surface area (Å²) in [6, 6.07) is 2.03. The van der Waals surface area contributed by atoms with Crippen molar-refractivity contribution in [1.82, 2.24) is 14.6 Å². The molecule has 0 bridgehead atoms. The predicted octanol–water partition coefficient (Wildman–Crippen LogP) is 0.891. The normalized spacial score (nSPS) is 9.90. The molecule has 2 aromatic heterocycles. The fourth-order valence-corrected chi connectivity index (χ4v) is 1.35. The summed E-state index contributed by atoms with van der Waals surface area (Å²) in [6.07, 6.45) is 1.61. The van der Waals surface area contributed by atoms with Crippen molar-refractivity contribution in [3.8, 4) is 6.07 Å². The lowest BCUT2D eigenvalue weighted by Gasteiger charge is -1.68. The summed E-state index contributed by atoms with van der Waals surface area (Å²) in [7, 11) is 0. The maximum absolute atomic E-state index is 8.52. The first kappa shape index (κ1) is 5.38. The minimum atomic E-state index is 0.615. The van der Waals surface area contributed by atoms with E-state index in [1.807, 2.05) is 6.07 Å². The number of nitriles is 1. The van der Waals surface area contributed by atoms with Gasteiger partial charge < -0.3 is 0 Å². The van der Waals surface area contributed by atoms with Gasteiger partial charge in [-0.15, -0.1) is 0 Å². The number of hydrogen-bond acceptors (Lipinski definition) is 4. The Morgan fingerprint density at radius 1 is 1.70 bits per heavy atom. The maximum Gasteiger partial charge on any atom is 0.170 e. The largest absolute Gasteiger partial charge is 0.260 e. The molecule has 0 aliphatic heterocycles. The molecule has 5 heteroatoms. The molecule has 1 N–H and O–H groups in total. The third kappa shape index (κ3) is 0.537. The average Bonchev–Trinajstić information content (AvgIpc) is 2.44. The molecule has 0 unspecified atom stereocenters. The van der Waals surface area contributed by atoms with Crippen molar-refractivity contribution in [3.05, 3.63) is 11.1 Å². The van der Waals surface area contributed by atoms with Gasteiger partial charge in [0.15, 0.2) is 5.65 Å². The second kappa shape index (κ2) is 1.78. The first-order valence-electron chi connectivity index (χ1n) is 2.60. The molecule has 0 atom stereocenters. The number of hydrogen-bond donors (Lipinski definition) is 1. The molecule has 0 radical (unpaired) electrons. The minimum Gasteiger partial charge on any atom is -0.260 e. The second-order valence-electron chi connectivity index (χ2n) is 1.76. The van der Waals surface area contributed by atoms with Crippen molar-refractivity contribution in [2.45, 2.75) is 0 Å². The van der Waals surface area contributed by atoms with Crippen molar-refractivity contribution in [3.63, 3.8) is 0 Å². The van der Waals surface area contributed by atoms with Crippen molar-refractivity contribution >= 4 is 22.6 Å². The number of aromatic nitrogens is 3. The van der Waals surface area contributed by atoms with Gasteiger partial charge in [-0.2, -0.15) is 14.7 Å². The molecule has 2 rings (SSSR count). The van der Waals surface area contributed by atoms with E-state index in [1.165, 1.54) is 11.5 Å². The number of H-pyrrole nitrogens is 1. The van der Waals surface area contributed by atoms with Crippen LogP contribution in [-0.4, -0.2) is 14.6 Å². The lowest BCUT2D eigenvalue weighted by molar-refractivity contribution is 1.11. The van der Waals surface area contributed by atoms with Gasteiger partial charge in [-0.3, -0.25) is 5.10 Å². The zero-order valence-corrected chi connectivity index (χ0v) is 5.64. The van der Waals surface area contributed by atoms with Crippen LogP contribution in [0, 0.1) is 11.3 Å². The SMILES string of the molecule is N#Cc1snc2[nH]ncc12. The van der Waals surface area contributed by atoms with Crippen LogP contribution in [0.2, 0.25) is 0 Å². The van der Waals surface area contributed by atoms with Gasteiger partial charge >= 0.3 is 0 Å². The van der Waals surface area contributed by atoms with Crippen LogP contribution in [0.4, 0.5) is 0 Å². The third-order valence-electron chi connectivity index (χ3n) is 1.19. The molecule has 0 spiro atoms. The standard InChI is InChI=1S/C5H2N4S/c6-1-4-3-2-7-8-5(3)9-10-4/h2H,(H,8,9). The van der Waals surface area contributed by atoms with Gasteiger partial charge in [0.2, 0.25) is 0 Å². The van der Waals surface area contributed by atoms with Crippen molar-refractivity contribution in [1.29, 1.82) is 5.26 Å². The summed E-state index contributed by atoms with van der Waals surface area (Å²) < 4.78 is 3.95. The monoisotopic (exact) mass is 150 g/mol. The number of aromatic amines is 1. The second-order valence-corrected chi connectivity index (χ2v) is 2.53. The van der Waals surface area contributed by atoms with E-state index in [2.05, 4.69) is 14.6 Å². The summed E-state index contributed by atoms with van der Waals surface area (Å²) in [4.78, 5) is 0.615. The van der Waals surface area contributed by atoms with Crippen LogP contribution in [0.1, 0.15) is 4.88 Å². The smallest absolute Gasteiger partial charge is 0.170 e. The van der Waals surface area contributed by atoms with Crippen LogP contribution in [0.3, 0.4) is 0 Å². The summed E-state index contributed by atoms with van der Waals surface area (Å²) in [5, 5.41) is 15.7. The Balaban J connectivity index is 2.92. The van der Waals surface area contributed by atoms with E-state index in [0.29, 0.717) is 10.5 Å². The lowest BCUT2D eigenvalue weighted by atomic mass is 10.4. The van der Waals surface area contributed by atoms with Crippen molar-refractivity contribution in [2.75, 3.05) is 0 Å². The number of rotatable bonds is 0. The third-order valence-corrected chi connectivity index (χ3v) is 1.96. The molecule has 0 saturated carbocycles. The highest BCUT2D eigenvalue weighted by molar-refractivity contribution is 7.07. The first-order valence-corrected chi connectivity index (χ1v) is 3.38. The van der Waals surface area contributed by atoms with Gasteiger partial charge in [0, 0.05) is 0 Å². The minimum absolute atomic E-state index is 0.615. The fraction of sp³-hybridized carbons (Fsp3) is 0. The van der Waals surface area contributed by atoms with Crippen LogP contribution in [0.25, 0.3) is 11.0 Å². The Hall–Kier alpha value is -1.41. The summed E-state index contributed by atoms with van der Waals surface area (Å²) in [5.41, 5.74) is 0.696. The Labute approximate surface area is 60.3 Å². The number of nitrogens with one attached hydrogen (secondary N) is 1. The summed E-state index contributed by atoms with van der Waals surface area (Å²) >= 11 is 1.19. The Bertz CT molecular complexity index is 393. The van der Waals surface area contributed by atoms with E-state index in [4.69, 9.17) is 5.26 Å². The highest BCUT2D eigenvalue weighted by Crippen LogP contribution is 2.17. The molecule has 2 aromatic rings. The van der Waals surface area contributed by atoms with Gasteiger partial charge in [0.25, 0.3) is 0 Å². The van der Waals surface area contributed by atoms with Gasteiger partial charge in [-0.1, -0.05) is 0 Å². The summed E-state index contributed by atoms with van der Waals surface area (Å²) in [5.74, 6) is 0. The van der Waals surface area contributed by atoms with Gasteiger partial charge in [0.05, 0.1) is 11.6 Å². The van der Waals surface area contributed by atoms with Gasteiger partial charge in [0.1, 0.15) is 10.9 Å². The van der Waals surface area contributed by atoms with E-state index in [1.54, 1.807) is 6.20 Å². The Morgan fingerprint density at radius 2 is 2.60 bits per heavy atom. The molecule has 0 aliphatic rings. The molecular formula is C5H2N4S. The molecule has 0 saturated heterocycles. The van der Waals surface area contributed by atoms with Crippen LogP contribution in [0.15, 0.2) is 6.20 Å². The molecule has 0 aliphatic carbocycles. The molecule has 0 amide bonds. The van der Waals surface area contributed by atoms with Gasteiger partial charge in [-0.05, 0) is 11.5 Å². The quantitative estimate of drug-likeness (QED) is 0.606. The van der Waals surface area contributed by atoms with Crippen LogP contribution in [0.5, 0.6) is 0 Å². The Morgan fingerprint density at radius 3 is 3.40 bits per heavy atom. The Kier molecular flexibility index (Phi) is 0.960. The van der Waals surface area contributed by atoms with Crippen molar-refractivity contribution < 1.29 is 0 Å². The topological polar surface area (TPSA) is 65.4 Å². The summed E-state index contributed by atoms with van der Waals surface area (Å²) in [6.45, 7) is 0. The predicted molar refractivity (Wildman–Crippen MR) is 36.5 cm³/mol. The van der Waals surface area contributed by atoms with E-state index in [0.717, 1.165) is 5.39 Å². The maximum atomic E-state index is 8.52. The van der Waals surface area contributed by atoms with E-state index < -0.39 is 0 Å². The molecule has 0 fully saturated rings. The van der Waals surface area contributed by atoms with E-state index >= 15 is 0 Å². The number of fused-ring (bicyclic) bond motifs is 1. The lowest BCUT2D eigenvalue weighted by Crippen LogP contribution is -1.62. The van der Waals surface area contributed by atoms with Gasteiger partial charge in [-0.25, -0.2) is 0 Å². The molecule has 4 nitrogen and oxygen atoms in total. The first-order chi connectivity index (χ1) is 4.92. The zero-order valence-electron chi connectivity index (χ0n) is 4.83. The fourth-order valence-electron chi connectivity index (χ4n) is 0.736. The van der Waals surface area contributed by atoms with Crippen LogP contribution < -0.4 is 0 Å². The molecule has 2 heterocycles. The molecule has 10 heavy (non-hydrogen) atoms.